The van der Waals surface area contributed by atoms with Crippen molar-refractivity contribution in [1.82, 2.24) is 14.6 Å². The van der Waals surface area contributed by atoms with Crippen LogP contribution in [0.3, 0.4) is 0 Å². The van der Waals surface area contributed by atoms with Crippen LogP contribution >= 0.6 is 0 Å². The monoisotopic (exact) mass is 306 g/mol. The minimum absolute atomic E-state index is 0.0331. The molecule has 0 amide bonds. The fraction of sp³-hybridized carbons (Fsp3) is 0.533. The van der Waals surface area contributed by atoms with Gasteiger partial charge in [0, 0.05) is 19.6 Å². The van der Waals surface area contributed by atoms with E-state index in [0.29, 0.717) is 5.71 Å². The van der Waals surface area contributed by atoms with Gasteiger partial charge in [-0.2, -0.15) is 5.10 Å². The zero-order chi connectivity index (χ0) is 16.1. The van der Waals surface area contributed by atoms with Crippen molar-refractivity contribution in [3.63, 3.8) is 0 Å². The molecule has 1 fully saturated rings. The van der Waals surface area contributed by atoms with Gasteiger partial charge in [-0.25, -0.2) is 4.79 Å². The van der Waals surface area contributed by atoms with Gasteiger partial charge in [-0.3, -0.25) is 19.4 Å². The molecular formula is C15H22N4O3. The van der Waals surface area contributed by atoms with Crippen LogP contribution in [0.25, 0.3) is 0 Å². The molecule has 0 spiro atoms. The van der Waals surface area contributed by atoms with E-state index < -0.39 is 11.2 Å². The van der Waals surface area contributed by atoms with E-state index >= 15 is 0 Å². The molecule has 1 saturated heterocycles. The van der Waals surface area contributed by atoms with Gasteiger partial charge < -0.3 is 5.11 Å². The predicted octanol–water partition coefficient (Wildman–Crippen LogP) is 1.03. The molecular weight excluding hydrogens is 284 g/mol. The summed E-state index contributed by atoms with van der Waals surface area (Å²) >= 11 is 0. The third-order valence-electron chi connectivity index (χ3n) is 3.72. The van der Waals surface area contributed by atoms with Gasteiger partial charge in [-0.15, -0.1) is 6.58 Å². The molecule has 7 heteroatoms. The number of H-pyrrole nitrogens is 1. The first kappa shape index (κ1) is 16.1. The number of hydrogen-bond donors (Lipinski definition) is 2. The number of aromatic nitrogens is 2. The minimum Gasteiger partial charge on any atom is -0.494 e. The Labute approximate surface area is 128 Å². The molecule has 1 aliphatic rings. The Morgan fingerprint density at radius 1 is 1.32 bits per heavy atom. The van der Waals surface area contributed by atoms with E-state index in [2.05, 4.69) is 16.7 Å². The second-order valence-corrected chi connectivity index (χ2v) is 5.41. The number of hydrogen-bond acceptors (Lipinski definition) is 5. The van der Waals surface area contributed by atoms with Crippen molar-refractivity contribution in [1.29, 1.82) is 0 Å². The standard InChI is InChI=1S/C15H22N4O3/c1-3-8-19-14(21)12(13(20)16-15(19)22)11(2)17-18-9-6-4-5-7-10-18/h3,21H,1,4-10H2,2H3,(H,16,20,22)/b17-11+. The lowest BCUT2D eigenvalue weighted by Gasteiger charge is -2.17. The average molecular weight is 306 g/mol. The summed E-state index contributed by atoms with van der Waals surface area (Å²) in [4.78, 5) is 25.9. The largest absolute Gasteiger partial charge is 0.494 e. The number of aromatic hydroxyl groups is 1. The summed E-state index contributed by atoms with van der Waals surface area (Å²) < 4.78 is 1.06. The number of allylic oxidation sites excluding steroid dienone is 1. The van der Waals surface area contributed by atoms with E-state index in [9.17, 15) is 14.7 Å². The molecule has 120 valence electrons. The quantitative estimate of drug-likeness (QED) is 0.642. The van der Waals surface area contributed by atoms with E-state index in [1.54, 1.807) is 6.92 Å². The van der Waals surface area contributed by atoms with Crippen LogP contribution in [-0.2, 0) is 6.54 Å². The zero-order valence-electron chi connectivity index (χ0n) is 12.8. The number of nitrogens with one attached hydrogen (secondary N) is 1. The third-order valence-corrected chi connectivity index (χ3v) is 3.72. The molecule has 0 aliphatic carbocycles. The third kappa shape index (κ3) is 3.47. The van der Waals surface area contributed by atoms with Gasteiger partial charge in [0.2, 0.25) is 5.88 Å². The van der Waals surface area contributed by atoms with Crippen molar-refractivity contribution in [2.75, 3.05) is 13.1 Å². The SMILES string of the molecule is C=CCn1c(O)c(/C(C)=N/N2CCCCCC2)c(=O)[nH]c1=O. The van der Waals surface area contributed by atoms with Crippen LogP contribution in [0.2, 0.25) is 0 Å². The van der Waals surface area contributed by atoms with Crippen molar-refractivity contribution >= 4 is 5.71 Å². The molecule has 7 nitrogen and oxygen atoms in total. The fourth-order valence-electron chi connectivity index (χ4n) is 2.60. The first-order valence-corrected chi connectivity index (χ1v) is 7.52. The molecule has 2 rings (SSSR count). The van der Waals surface area contributed by atoms with E-state index in [-0.39, 0.29) is 18.0 Å². The van der Waals surface area contributed by atoms with Gasteiger partial charge >= 0.3 is 5.69 Å². The highest BCUT2D eigenvalue weighted by Crippen LogP contribution is 2.14. The Hall–Kier alpha value is -2.31. The van der Waals surface area contributed by atoms with Gasteiger partial charge in [0.05, 0.1) is 5.71 Å². The molecule has 0 saturated carbocycles. The summed E-state index contributed by atoms with van der Waals surface area (Å²) in [7, 11) is 0. The average Bonchev–Trinajstić information content (AvgIpc) is 2.71. The number of rotatable bonds is 4. The van der Waals surface area contributed by atoms with Gasteiger partial charge in [0.25, 0.3) is 5.56 Å². The van der Waals surface area contributed by atoms with Crippen molar-refractivity contribution in [2.45, 2.75) is 39.2 Å². The van der Waals surface area contributed by atoms with Crippen LogP contribution in [0.1, 0.15) is 38.2 Å². The van der Waals surface area contributed by atoms with Crippen LogP contribution in [0.4, 0.5) is 0 Å². The molecule has 1 aliphatic heterocycles. The summed E-state index contributed by atoms with van der Waals surface area (Å²) in [6, 6.07) is 0. The Morgan fingerprint density at radius 2 is 1.95 bits per heavy atom. The zero-order valence-corrected chi connectivity index (χ0v) is 12.8. The summed E-state index contributed by atoms with van der Waals surface area (Å²) in [5.41, 5.74) is -0.850. The van der Waals surface area contributed by atoms with E-state index in [0.717, 1.165) is 30.5 Å². The normalized spacial score (nSPS) is 16.4. The summed E-state index contributed by atoms with van der Waals surface area (Å²) in [6.45, 7) is 6.99. The molecule has 2 heterocycles. The van der Waals surface area contributed by atoms with E-state index in [4.69, 9.17) is 0 Å². The molecule has 0 unspecified atom stereocenters. The molecule has 0 atom stereocenters. The Kier molecular flexibility index (Phi) is 5.19. The maximum Gasteiger partial charge on any atom is 0.331 e. The highest BCUT2D eigenvalue weighted by atomic mass is 16.3. The molecule has 1 aromatic heterocycles. The highest BCUT2D eigenvalue weighted by molar-refractivity contribution is 6.00. The van der Waals surface area contributed by atoms with Crippen LogP contribution in [-0.4, -0.2) is 38.5 Å². The van der Waals surface area contributed by atoms with E-state index in [1.807, 2.05) is 5.01 Å². The van der Waals surface area contributed by atoms with E-state index in [1.165, 1.54) is 18.9 Å². The first-order valence-electron chi connectivity index (χ1n) is 7.52. The molecule has 22 heavy (non-hydrogen) atoms. The van der Waals surface area contributed by atoms with Crippen molar-refractivity contribution in [3.05, 3.63) is 39.1 Å². The van der Waals surface area contributed by atoms with Gasteiger partial charge in [-0.1, -0.05) is 18.9 Å². The minimum atomic E-state index is -0.659. The second-order valence-electron chi connectivity index (χ2n) is 5.41. The van der Waals surface area contributed by atoms with Crippen LogP contribution < -0.4 is 11.2 Å². The molecule has 1 aromatic rings. The lowest BCUT2D eigenvalue weighted by molar-refractivity contribution is 0.300. The van der Waals surface area contributed by atoms with Crippen LogP contribution in [0, 0.1) is 0 Å². The lowest BCUT2D eigenvalue weighted by Crippen LogP contribution is -2.34. The summed E-state index contributed by atoms with van der Waals surface area (Å²) in [5.74, 6) is -0.371. The van der Waals surface area contributed by atoms with Gasteiger partial charge in [0.15, 0.2) is 0 Å². The number of aromatic amines is 1. The summed E-state index contributed by atoms with van der Waals surface area (Å²) in [6.07, 6.45) is 5.97. The highest BCUT2D eigenvalue weighted by Gasteiger charge is 2.17. The van der Waals surface area contributed by atoms with Crippen molar-refractivity contribution < 1.29 is 5.11 Å². The van der Waals surface area contributed by atoms with Crippen LogP contribution in [0.5, 0.6) is 5.88 Å². The van der Waals surface area contributed by atoms with Crippen LogP contribution in [0.15, 0.2) is 27.3 Å². The van der Waals surface area contributed by atoms with Crippen molar-refractivity contribution in [3.8, 4) is 5.88 Å². The second kappa shape index (κ2) is 7.11. The first-order chi connectivity index (χ1) is 10.5. The molecule has 0 radical (unpaired) electrons. The Balaban J connectivity index is 2.42. The Bertz CT molecular complexity index is 679. The lowest BCUT2D eigenvalue weighted by atomic mass is 10.2. The predicted molar refractivity (Wildman–Crippen MR) is 85.4 cm³/mol. The number of hydrazone groups is 1. The molecule has 0 bridgehead atoms. The smallest absolute Gasteiger partial charge is 0.331 e. The summed E-state index contributed by atoms with van der Waals surface area (Å²) in [5, 5.41) is 16.6. The molecule has 2 N–H and O–H groups in total. The molecule has 0 aromatic carbocycles. The maximum atomic E-state index is 12.0. The fourth-order valence-corrected chi connectivity index (χ4v) is 2.60. The Morgan fingerprint density at radius 3 is 2.55 bits per heavy atom. The maximum absolute atomic E-state index is 12.0. The topological polar surface area (TPSA) is 90.7 Å². The van der Waals surface area contributed by atoms with Crippen molar-refractivity contribution in [2.24, 2.45) is 5.10 Å². The van der Waals surface area contributed by atoms with Gasteiger partial charge in [-0.05, 0) is 19.8 Å². The van der Waals surface area contributed by atoms with Gasteiger partial charge in [0.1, 0.15) is 5.56 Å². The number of nitrogens with zero attached hydrogens (tertiary/aromatic N) is 3.